The number of nitrogens with zero attached hydrogens (tertiary/aromatic N) is 2. The van der Waals surface area contributed by atoms with E-state index in [9.17, 15) is 4.79 Å². The molecule has 24 heavy (non-hydrogen) atoms. The average Bonchev–Trinajstić information content (AvgIpc) is 3.08. The third-order valence-corrected chi connectivity index (χ3v) is 3.72. The number of hydrogen-bond donors (Lipinski definition) is 3. The van der Waals surface area contributed by atoms with Crippen LogP contribution in [0, 0.1) is 0 Å². The fraction of sp³-hybridized carbons (Fsp3) is 0.118. The van der Waals surface area contributed by atoms with E-state index >= 15 is 0 Å². The molecule has 0 atom stereocenters. The molecule has 120 valence electrons. The summed E-state index contributed by atoms with van der Waals surface area (Å²) >= 11 is 0. The average molecular weight is 321 g/mol. The maximum Gasteiger partial charge on any atom is 0.263 e. The molecule has 0 aliphatic rings. The summed E-state index contributed by atoms with van der Waals surface area (Å²) in [4.78, 5) is 18.8. The van der Waals surface area contributed by atoms with E-state index in [2.05, 4.69) is 37.6 Å². The van der Waals surface area contributed by atoms with Gasteiger partial charge in [0.25, 0.3) is 5.56 Å². The van der Waals surface area contributed by atoms with Crippen molar-refractivity contribution in [3.63, 3.8) is 0 Å². The van der Waals surface area contributed by atoms with Crippen LogP contribution >= 0.6 is 0 Å². The Hall–Kier alpha value is -3.35. The molecular weight excluding hydrogens is 306 g/mol. The smallest absolute Gasteiger partial charge is 0.263 e. The van der Waals surface area contributed by atoms with Gasteiger partial charge in [-0.2, -0.15) is 10.1 Å². The normalized spacial score (nSPS) is 11.0. The van der Waals surface area contributed by atoms with Crippen molar-refractivity contribution >= 4 is 27.8 Å². The summed E-state index contributed by atoms with van der Waals surface area (Å²) in [5.41, 5.74) is 0.224. The molecule has 0 spiro atoms. The van der Waals surface area contributed by atoms with Gasteiger partial charge in [-0.25, -0.2) is 0 Å². The number of aromatic amines is 2. The zero-order valence-corrected chi connectivity index (χ0v) is 12.7. The Morgan fingerprint density at radius 1 is 1.08 bits per heavy atom. The summed E-state index contributed by atoms with van der Waals surface area (Å²) < 4.78 is 5.84. The quantitative estimate of drug-likeness (QED) is 0.490. The summed E-state index contributed by atoms with van der Waals surface area (Å²) in [6.07, 6.45) is 1.45. The number of aromatic nitrogens is 4. The van der Waals surface area contributed by atoms with Crippen molar-refractivity contribution in [2.75, 3.05) is 18.5 Å². The lowest BCUT2D eigenvalue weighted by Gasteiger charge is -2.10. The number of rotatable bonds is 5. The number of anilines is 1. The molecule has 0 saturated heterocycles. The van der Waals surface area contributed by atoms with E-state index in [0.29, 0.717) is 30.1 Å². The maximum absolute atomic E-state index is 11.8. The highest BCUT2D eigenvalue weighted by Gasteiger charge is 2.05. The molecule has 0 unspecified atom stereocenters. The van der Waals surface area contributed by atoms with Gasteiger partial charge >= 0.3 is 0 Å². The minimum absolute atomic E-state index is 0.230. The third kappa shape index (κ3) is 2.67. The van der Waals surface area contributed by atoms with Crippen LogP contribution in [0.5, 0.6) is 5.75 Å². The predicted molar refractivity (Wildman–Crippen MR) is 92.4 cm³/mol. The van der Waals surface area contributed by atoms with Crippen LogP contribution in [0.15, 0.2) is 53.5 Å². The van der Waals surface area contributed by atoms with Gasteiger partial charge in [0.05, 0.1) is 12.7 Å². The fourth-order valence-electron chi connectivity index (χ4n) is 2.58. The zero-order chi connectivity index (χ0) is 16.4. The number of hydrogen-bond acceptors (Lipinski definition) is 5. The van der Waals surface area contributed by atoms with E-state index in [4.69, 9.17) is 4.74 Å². The Morgan fingerprint density at radius 3 is 2.92 bits per heavy atom. The summed E-state index contributed by atoms with van der Waals surface area (Å²) in [6, 6.07) is 14.0. The van der Waals surface area contributed by atoms with Crippen molar-refractivity contribution in [2.24, 2.45) is 0 Å². The molecule has 2 heterocycles. The first-order valence-corrected chi connectivity index (χ1v) is 7.59. The first-order valence-electron chi connectivity index (χ1n) is 7.59. The lowest BCUT2D eigenvalue weighted by atomic mass is 10.1. The van der Waals surface area contributed by atoms with Crippen LogP contribution in [-0.4, -0.2) is 33.3 Å². The summed E-state index contributed by atoms with van der Waals surface area (Å²) in [5, 5.41) is 12.2. The van der Waals surface area contributed by atoms with Gasteiger partial charge in [-0.1, -0.05) is 36.4 Å². The monoisotopic (exact) mass is 321 g/mol. The molecule has 0 bridgehead atoms. The second kappa shape index (κ2) is 6.04. The largest absolute Gasteiger partial charge is 0.491 e. The van der Waals surface area contributed by atoms with E-state index < -0.39 is 0 Å². The van der Waals surface area contributed by atoms with Gasteiger partial charge < -0.3 is 10.1 Å². The number of fused-ring (bicyclic) bond motifs is 2. The van der Waals surface area contributed by atoms with Gasteiger partial charge in [0.2, 0.25) is 5.95 Å². The highest BCUT2D eigenvalue weighted by Crippen LogP contribution is 2.24. The number of H-pyrrole nitrogens is 2. The standard InChI is InChI=1S/C17H15N5O2/c23-16-13-10-19-22-15(13)20-17(21-16)18-8-9-24-14-7-3-5-11-4-1-2-6-12(11)14/h1-7,10H,8-9H2,(H3,18,19,20,21,22,23). The van der Waals surface area contributed by atoms with Gasteiger partial charge in [0.1, 0.15) is 17.7 Å². The van der Waals surface area contributed by atoms with Crippen molar-refractivity contribution in [1.82, 2.24) is 20.2 Å². The highest BCUT2D eigenvalue weighted by molar-refractivity contribution is 5.88. The van der Waals surface area contributed by atoms with Gasteiger partial charge in [-0.3, -0.25) is 14.9 Å². The second-order valence-electron chi connectivity index (χ2n) is 5.30. The second-order valence-corrected chi connectivity index (χ2v) is 5.30. The van der Waals surface area contributed by atoms with Crippen molar-refractivity contribution in [1.29, 1.82) is 0 Å². The van der Waals surface area contributed by atoms with Crippen LogP contribution < -0.4 is 15.6 Å². The SMILES string of the molecule is O=c1[nH]c(NCCOc2cccc3ccccc23)nc2[nH]ncc12. The Morgan fingerprint density at radius 2 is 1.96 bits per heavy atom. The van der Waals surface area contributed by atoms with E-state index in [1.54, 1.807) is 0 Å². The van der Waals surface area contributed by atoms with Crippen LogP contribution in [0.2, 0.25) is 0 Å². The molecular formula is C17H15N5O2. The molecule has 0 fully saturated rings. The Labute approximate surface area is 136 Å². The van der Waals surface area contributed by atoms with Crippen molar-refractivity contribution in [3.8, 4) is 5.75 Å². The highest BCUT2D eigenvalue weighted by atomic mass is 16.5. The van der Waals surface area contributed by atoms with Crippen molar-refractivity contribution in [3.05, 3.63) is 59.0 Å². The summed E-state index contributed by atoms with van der Waals surface area (Å²) in [5.74, 6) is 1.22. The zero-order valence-electron chi connectivity index (χ0n) is 12.7. The Balaban J connectivity index is 1.42. The summed E-state index contributed by atoms with van der Waals surface area (Å²) in [6.45, 7) is 0.949. The molecule has 0 aliphatic heterocycles. The number of nitrogens with one attached hydrogen (secondary N) is 3. The van der Waals surface area contributed by atoms with Gasteiger partial charge in [-0.05, 0) is 11.5 Å². The fourth-order valence-corrected chi connectivity index (χ4v) is 2.58. The Kier molecular flexibility index (Phi) is 3.59. The minimum Gasteiger partial charge on any atom is -0.491 e. The first kappa shape index (κ1) is 14.3. The topological polar surface area (TPSA) is 95.7 Å². The van der Waals surface area contributed by atoms with E-state index in [-0.39, 0.29) is 5.56 Å². The van der Waals surface area contributed by atoms with Crippen LogP contribution in [-0.2, 0) is 0 Å². The number of ether oxygens (including phenoxy) is 1. The van der Waals surface area contributed by atoms with Crippen LogP contribution in [0.25, 0.3) is 21.8 Å². The molecule has 2 aromatic carbocycles. The predicted octanol–water partition coefficient (Wildman–Crippen LogP) is 2.29. The molecule has 0 radical (unpaired) electrons. The maximum atomic E-state index is 11.8. The molecule has 2 aromatic heterocycles. The summed E-state index contributed by atoms with van der Waals surface area (Å²) in [7, 11) is 0. The van der Waals surface area contributed by atoms with E-state index in [0.717, 1.165) is 16.5 Å². The van der Waals surface area contributed by atoms with Crippen LogP contribution in [0.3, 0.4) is 0 Å². The van der Waals surface area contributed by atoms with Crippen molar-refractivity contribution < 1.29 is 4.74 Å². The van der Waals surface area contributed by atoms with Gasteiger partial charge in [0, 0.05) is 5.39 Å². The van der Waals surface area contributed by atoms with E-state index in [1.807, 2.05) is 30.3 Å². The van der Waals surface area contributed by atoms with Crippen molar-refractivity contribution in [2.45, 2.75) is 0 Å². The third-order valence-electron chi connectivity index (χ3n) is 3.72. The minimum atomic E-state index is -0.230. The van der Waals surface area contributed by atoms with Crippen LogP contribution in [0.4, 0.5) is 5.95 Å². The van der Waals surface area contributed by atoms with Gasteiger partial charge in [-0.15, -0.1) is 0 Å². The molecule has 3 N–H and O–H groups in total. The molecule has 0 aliphatic carbocycles. The van der Waals surface area contributed by atoms with Gasteiger partial charge in [0.15, 0.2) is 5.65 Å². The molecule has 7 nitrogen and oxygen atoms in total. The molecule has 7 heteroatoms. The van der Waals surface area contributed by atoms with E-state index in [1.165, 1.54) is 6.20 Å². The first-order chi connectivity index (χ1) is 11.8. The molecule has 0 saturated carbocycles. The van der Waals surface area contributed by atoms with Crippen LogP contribution in [0.1, 0.15) is 0 Å². The molecule has 4 rings (SSSR count). The molecule has 4 aromatic rings. The number of benzene rings is 2. The Bertz CT molecular complexity index is 1050. The molecule has 0 amide bonds. The lowest BCUT2D eigenvalue weighted by molar-refractivity contribution is 0.336. The lowest BCUT2D eigenvalue weighted by Crippen LogP contribution is -2.17.